The van der Waals surface area contributed by atoms with Gasteiger partial charge < -0.3 is 15.0 Å². The smallest absolute Gasteiger partial charge is 0.224 e. The van der Waals surface area contributed by atoms with Crippen LogP contribution in [0.5, 0.6) is 0 Å². The van der Waals surface area contributed by atoms with Gasteiger partial charge in [-0.1, -0.05) is 42.5 Å². The van der Waals surface area contributed by atoms with E-state index in [1.165, 1.54) is 22.4 Å². The van der Waals surface area contributed by atoms with E-state index in [1.54, 1.807) is 0 Å². The van der Waals surface area contributed by atoms with Crippen LogP contribution in [0.15, 0.2) is 48.5 Å². The van der Waals surface area contributed by atoms with E-state index in [2.05, 4.69) is 58.7 Å². The quantitative estimate of drug-likeness (QED) is 0.757. The Morgan fingerprint density at radius 1 is 0.862 bits per heavy atom. The molecule has 8 rings (SSSR count). The third-order valence-electron chi connectivity index (χ3n) is 9.07. The van der Waals surface area contributed by atoms with Gasteiger partial charge >= 0.3 is 0 Å². The largest absolute Gasteiger partial charge is 0.356 e. The first-order chi connectivity index (χ1) is 14.3. The van der Waals surface area contributed by atoms with Crippen molar-refractivity contribution in [1.29, 1.82) is 0 Å². The molecule has 8 unspecified atom stereocenters. The Hall–Kier alpha value is -2.33. The Bertz CT molecular complexity index is 1070. The highest BCUT2D eigenvalue weighted by Gasteiger charge is 2.67. The number of fused-ring (bicyclic) bond motifs is 13. The fourth-order valence-electron chi connectivity index (χ4n) is 8.39. The summed E-state index contributed by atoms with van der Waals surface area (Å²) in [7, 11) is 0. The van der Waals surface area contributed by atoms with Gasteiger partial charge in [-0.25, -0.2) is 0 Å². The number of ether oxygens (including phenoxy) is 1. The molecule has 146 valence electrons. The Balaban J connectivity index is 1.44. The second kappa shape index (κ2) is 5.04. The summed E-state index contributed by atoms with van der Waals surface area (Å²) in [6, 6.07) is 18.4. The molecule has 2 aromatic rings. The predicted octanol–water partition coefficient (Wildman–Crippen LogP) is 3.35. The van der Waals surface area contributed by atoms with Gasteiger partial charge in [0.1, 0.15) is 6.23 Å². The molecule has 4 fully saturated rings. The van der Waals surface area contributed by atoms with Crippen molar-refractivity contribution in [3.63, 3.8) is 0 Å². The minimum absolute atomic E-state index is 0.0945. The van der Waals surface area contributed by atoms with Gasteiger partial charge in [0.2, 0.25) is 5.91 Å². The predicted molar refractivity (Wildman–Crippen MR) is 109 cm³/mol. The molecular formula is C25H24N2O2. The van der Waals surface area contributed by atoms with Crippen molar-refractivity contribution >= 4 is 11.6 Å². The lowest BCUT2D eigenvalue weighted by molar-refractivity contribution is -0.125. The van der Waals surface area contributed by atoms with Crippen LogP contribution in [-0.4, -0.2) is 30.8 Å². The Morgan fingerprint density at radius 3 is 2.48 bits per heavy atom. The lowest BCUT2D eigenvalue weighted by atomic mass is 9.58. The highest BCUT2D eigenvalue weighted by atomic mass is 16.5. The molecule has 2 bridgehead atoms. The second-order valence-electron chi connectivity index (χ2n) is 9.88. The summed E-state index contributed by atoms with van der Waals surface area (Å²) in [6.07, 6.45) is 2.72. The number of carbonyl (C=O) groups is 1. The molecule has 4 aliphatic heterocycles. The zero-order valence-electron chi connectivity index (χ0n) is 16.2. The van der Waals surface area contributed by atoms with Gasteiger partial charge in [-0.05, 0) is 47.4 Å². The SMILES string of the molecule is O=C1NCC2C1C1c3ccccc3[C@@H]3C4CCC(O4)N4c5ccccc5C2C4C13. The fourth-order valence-corrected chi connectivity index (χ4v) is 8.39. The molecule has 4 heterocycles. The Morgan fingerprint density at radius 2 is 1.62 bits per heavy atom. The number of nitrogens with zero attached hydrogens (tertiary/aromatic N) is 1. The summed E-state index contributed by atoms with van der Waals surface area (Å²) in [5.74, 6) is 2.38. The van der Waals surface area contributed by atoms with Gasteiger partial charge in [-0.2, -0.15) is 0 Å². The van der Waals surface area contributed by atoms with E-state index in [0.717, 1.165) is 19.4 Å². The fraction of sp³-hybridized carbons (Fsp3) is 0.480. The summed E-state index contributed by atoms with van der Waals surface area (Å²) in [6.45, 7) is 0.817. The molecule has 9 atom stereocenters. The molecule has 1 amide bonds. The summed E-state index contributed by atoms with van der Waals surface area (Å²) < 4.78 is 6.76. The van der Waals surface area contributed by atoms with Crippen LogP contribution in [0.2, 0.25) is 0 Å². The van der Waals surface area contributed by atoms with Gasteiger partial charge in [0.15, 0.2) is 0 Å². The second-order valence-corrected chi connectivity index (χ2v) is 9.88. The number of hydrogen-bond donors (Lipinski definition) is 1. The molecule has 6 aliphatic rings. The molecule has 29 heavy (non-hydrogen) atoms. The lowest BCUT2D eigenvalue weighted by Crippen LogP contribution is -2.53. The topological polar surface area (TPSA) is 41.6 Å². The molecular weight excluding hydrogens is 360 g/mol. The standard InChI is InChI=1S/C25H24N2O2/c28-25-22-15(11-26-25)19-14-7-3-4-8-16(14)27-18-10-9-17(29-18)20-12-5-1-2-6-13(12)21(22)23(20)24(19)27/h1-8,15,17-24H,9-11H2,(H,26,28)/t15?,17?,18?,19?,20-,21?,22?,23?,24?/m1/s1. The van der Waals surface area contributed by atoms with Crippen molar-refractivity contribution in [2.75, 3.05) is 11.4 Å². The van der Waals surface area contributed by atoms with Crippen molar-refractivity contribution in [1.82, 2.24) is 5.32 Å². The minimum atomic E-state index is 0.0945. The maximum absolute atomic E-state index is 13.2. The third-order valence-corrected chi connectivity index (χ3v) is 9.07. The zero-order valence-corrected chi connectivity index (χ0v) is 16.2. The number of benzene rings is 2. The molecule has 2 aliphatic carbocycles. The molecule has 4 heteroatoms. The van der Waals surface area contributed by atoms with E-state index < -0.39 is 0 Å². The van der Waals surface area contributed by atoms with Gasteiger partial charge in [-0.3, -0.25) is 4.79 Å². The average molecular weight is 384 g/mol. The van der Waals surface area contributed by atoms with Crippen LogP contribution in [-0.2, 0) is 9.53 Å². The maximum Gasteiger partial charge on any atom is 0.224 e. The van der Waals surface area contributed by atoms with E-state index >= 15 is 0 Å². The first-order valence-corrected chi connectivity index (χ1v) is 11.2. The average Bonchev–Trinajstić information content (AvgIpc) is 3.47. The molecule has 4 nitrogen and oxygen atoms in total. The maximum atomic E-state index is 13.2. The normalized spacial score (nSPS) is 44.6. The van der Waals surface area contributed by atoms with E-state index in [9.17, 15) is 4.79 Å². The molecule has 0 radical (unpaired) electrons. The first-order valence-electron chi connectivity index (χ1n) is 11.2. The highest BCUT2D eigenvalue weighted by Crippen LogP contribution is 2.68. The molecule has 0 aromatic heterocycles. The molecule has 1 saturated carbocycles. The third kappa shape index (κ3) is 1.64. The molecule has 1 N–H and O–H groups in total. The monoisotopic (exact) mass is 384 g/mol. The van der Waals surface area contributed by atoms with Crippen molar-refractivity contribution in [2.24, 2.45) is 17.8 Å². The Kier molecular flexibility index (Phi) is 2.69. The van der Waals surface area contributed by atoms with E-state index in [-0.39, 0.29) is 24.2 Å². The summed E-state index contributed by atoms with van der Waals surface area (Å²) >= 11 is 0. The van der Waals surface area contributed by atoms with Crippen molar-refractivity contribution in [3.05, 3.63) is 65.2 Å². The van der Waals surface area contributed by atoms with Gasteiger partial charge in [0.05, 0.1) is 12.0 Å². The van der Waals surface area contributed by atoms with Crippen LogP contribution in [0.1, 0.15) is 47.3 Å². The van der Waals surface area contributed by atoms with Crippen molar-refractivity contribution in [2.45, 2.75) is 49.0 Å². The van der Waals surface area contributed by atoms with Crippen LogP contribution in [0.3, 0.4) is 0 Å². The van der Waals surface area contributed by atoms with Crippen LogP contribution in [0, 0.1) is 17.8 Å². The van der Waals surface area contributed by atoms with Crippen LogP contribution in [0.4, 0.5) is 5.69 Å². The number of rotatable bonds is 0. The van der Waals surface area contributed by atoms with E-state index in [0.29, 0.717) is 35.6 Å². The zero-order chi connectivity index (χ0) is 18.9. The van der Waals surface area contributed by atoms with Crippen molar-refractivity contribution in [3.8, 4) is 0 Å². The molecule has 3 saturated heterocycles. The lowest BCUT2D eigenvalue weighted by Gasteiger charge is -2.48. The van der Waals surface area contributed by atoms with Crippen LogP contribution >= 0.6 is 0 Å². The number of amides is 1. The summed E-state index contributed by atoms with van der Waals surface area (Å²) in [5, 5.41) is 3.26. The summed E-state index contributed by atoms with van der Waals surface area (Å²) in [5.41, 5.74) is 5.71. The van der Waals surface area contributed by atoms with E-state index in [1.807, 2.05) is 0 Å². The molecule has 0 spiro atoms. The van der Waals surface area contributed by atoms with Crippen LogP contribution < -0.4 is 10.2 Å². The number of anilines is 1. The Labute approximate surface area is 170 Å². The highest BCUT2D eigenvalue weighted by molar-refractivity contribution is 5.84. The van der Waals surface area contributed by atoms with E-state index in [4.69, 9.17) is 4.74 Å². The number of hydrogen-bond acceptors (Lipinski definition) is 3. The van der Waals surface area contributed by atoms with Crippen molar-refractivity contribution < 1.29 is 9.53 Å². The first kappa shape index (κ1) is 15.5. The number of para-hydroxylation sites is 1. The van der Waals surface area contributed by atoms with Gasteiger partial charge in [0, 0.05) is 36.0 Å². The van der Waals surface area contributed by atoms with Gasteiger partial charge in [-0.15, -0.1) is 0 Å². The minimum Gasteiger partial charge on any atom is -0.356 e. The van der Waals surface area contributed by atoms with Gasteiger partial charge in [0.25, 0.3) is 0 Å². The van der Waals surface area contributed by atoms with Crippen LogP contribution in [0.25, 0.3) is 0 Å². The number of nitrogens with one attached hydrogen (secondary N) is 1. The number of carbonyl (C=O) groups excluding carboxylic acids is 1. The molecule has 2 aromatic carbocycles. The summed E-state index contributed by atoms with van der Waals surface area (Å²) in [4.78, 5) is 15.8.